The summed E-state index contributed by atoms with van der Waals surface area (Å²) in [6, 6.07) is 0. The topological polar surface area (TPSA) is 152 Å². The highest BCUT2D eigenvalue weighted by molar-refractivity contribution is 5.70. The number of rotatable bonds is 33. The van der Waals surface area contributed by atoms with Crippen LogP contribution >= 0.6 is 0 Å². The second kappa shape index (κ2) is 35.5. The molecule has 0 saturated carbocycles. The van der Waals surface area contributed by atoms with E-state index in [1.807, 2.05) is 0 Å². The first-order chi connectivity index (χ1) is 26.8. The molecule has 1 unspecified atom stereocenters. The number of allylic oxidation sites excluding steroid dienone is 12. The van der Waals surface area contributed by atoms with E-state index in [0.29, 0.717) is 12.8 Å². The predicted octanol–water partition coefficient (Wildman–Crippen LogP) is 8.44. The molecule has 0 amide bonds. The lowest BCUT2D eigenvalue weighted by Crippen LogP contribution is -2.59. The molecule has 1 rings (SSSR count). The molecule has 0 spiro atoms. The molecule has 1 fully saturated rings. The second-order valence-corrected chi connectivity index (χ2v) is 14.0. The molecule has 0 radical (unpaired) electrons. The van der Waals surface area contributed by atoms with Gasteiger partial charge in [0.15, 0.2) is 12.4 Å². The van der Waals surface area contributed by atoms with E-state index in [-0.39, 0.29) is 26.1 Å². The zero-order valence-corrected chi connectivity index (χ0v) is 33.9. The largest absolute Gasteiger partial charge is 0.462 e. The van der Waals surface area contributed by atoms with Gasteiger partial charge in [-0.1, -0.05) is 125 Å². The summed E-state index contributed by atoms with van der Waals surface area (Å²) in [4.78, 5) is 25.3. The molecule has 0 bridgehead atoms. The molecule has 6 atom stereocenters. The van der Waals surface area contributed by atoms with Crippen molar-refractivity contribution in [2.45, 2.75) is 179 Å². The van der Waals surface area contributed by atoms with Gasteiger partial charge < -0.3 is 39.4 Å². The standard InChI is InChI=1S/C45H74O10/c1-3-5-7-9-11-13-15-17-19-21-23-25-27-29-31-33-40(47)52-36-38(37-53-45-44(51)43(50)42(49)39(35-46)55-45)54-41(48)34-32-30-28-26-24-22-20-18-16-14-12-10-8-6-4-2/h5-8,11-14,17-20,38-39,42-46,49-51H,3-4,9-10,15-16,21-37H2,1-2H3/b7-5-,8-6-,13-11-,14-12-,19-17-,20-18-/t38-,39?,42+,43-,44-,45-/m1/s1. The van der Waals surface area contributed by atoms with Crippen molar-refractivity contribution in [3.8, 4) is 0 Å². The summed E-state index contributed by atoms with van der Waals surface area (Å²) in [7, 11) is 0. The second-order valence-electron chi connectivity index (χ2n) is 14.0. The van der Waals surface area contributed by atoms with Gasteiger partial charge in [0.1, 0.15) is 31.0 Å². The molecule has 314 valence electrons. The van der Waals surface area contributed by atoms with Crippen molar-refractivity contribution in [2.75, 3.05) is 19.8 Å². The van der Waals surface area contributed by atoms with Crippen LogP contribution in [0.4, 0.5) is 0 Å². The molecule has 10 nitrogen and oxygen atoms in total. The number of carbonyl (C=O) groups is 2. The smallest absolute Gasteiger partial charge is 0.306 e. The first kappa shape index (κ1) is 50.2. The van der Waals surface area contributed by atoms with Crippen LogP contribution in [0.3, 0.4) is 0 Å². The van der Waals surface area contributed by atoms with Crippen LogP contribution in [-0.4, -0.2) is 89.0 Å². The van der Waals surface area contributed by atoms with Gasteiger partial charge in [-0.15, -0.1) is 0 Å². The number of unbranched alkanes of at least 4 members (excludes halogenated alkanes) is 10. The average molecular weight is 775 g/mol. The van der Waals surface area contributed by atoms with Gasteiger partial charge in [-0.05, 0) is 77.0 Å². The van der Waals surface area contributed by atoms with Crippen molar-refractivity contribution in [3.05, 3.63) is 72.9 Å². The Morgan fingerprint density at radius 2 is 1.02 bits per heavy atom. The summed E-state index contributed by atoms with van der Waals surface area (Å²) in [5.41, 5.74) is 0. The number of esters is 2. The maximum atomic E-state index is 12.7. The Kier molecular flexibility index (Phi) is 32.4. The fourth-order valence-corrected chi connectivity index (χ4v) is 5.80. The normalized spacial score (nSPS) is 21.3. The van der Waals surface area contributed by atoms with Crippen molar-refractivity contribution in [1.29, 1.82) is 0 Å². The number of hydrogen-bond acceptors (Lipinski definition) is 10. The number of aliphatic hydroxyl groups excluding tert-OH is 4. The lowest BCUT2D eigenvalue weighted by molar-refractivity contribution is -0.305. The Labute approximate surface area is 332 Å². The summed E-state index contributed by atoms with van der Waals surface area (Å²) < 4.78 is 22.1. The Hall–Kier alpha value is -2.86. The number of carbonyl (C=O) groups excluding carboxylic acids is 2. The molecule has 1 aliphatic rings. The van der Waals surface area contributed by atoms with E-state index in [2.05, 4.69) is 86.8 Å². The van der Waals surface area contributed by atoms with Gasteiger partial charge in [0.25, 0.3) is 0 Å². The van der Waals surface area contributed by atoms with E-state index < -0.39 is 55.4 Å². The van der Waals surface area contributed by atoms with Crippen LogP contribution in [-0.2, 0) is 28.5 Å². The van der Waals surface area contributed by atoms with Crippen LogP contribution in [0.25, 0.3) is 0 Å². The zero-order valence-electron chi connectivity index (χ0n) is 33.9. The lowest BCUT2D eigenvalue weighted by atomic mass is 9.99. The number of aliphatic hydroxyl groups is 4. The molecular formula is C45H74O10. The van der Waals surface area contributed by atoms with Crippen LogP contribution in [0.1, 0.15) is 142 Å². The molecule has 0 aliphatic carbocycles. The molecule has 0 aromatic heterocycles. The van der Waals surface area contributed by atoms with E-state index >= 15 is 0 Å². The van der Waals surface area contributed by atoms with Crippen LogP contribution in [0.15, 0.2) is 72.9 Å². The van der Waals surface area contributed by atoms with Gasteiger partial charge in [-0.2, -0.15) is 0 Å². The highest BCUT2D eigenvalue weighted by Gasteiger charge is 2.44. The average Bonchev–Trinajstić information content (AvgIpc) is 3.18. The van der Waals surface area contributed by atoms with Crippen LogP contribution in [0.5, 0.6) is 0 Å². The van der Waals surface area contributed by atoms with Crippen molar-refractivity contribution in [2.24, 2.45) is 0 Å². The molecule has 1 aliphatic heterocycles. The summed E-state index contributed by atoms with van der Waals surface area (Å²) in [6.45, 7) is 3.14. The quantitative estimate of drug-likeness (QED) is 0.0291. The molecule has 4 N–H and O–H groups in total. The highest BCUT2D eigenvalue weighted by Crippen LogP contribution is 2.22. The van der Waals surface area contributed by atoms with Gasteiger partial charge >= 0.3 is 11.9 Å². The minimum absolute atomic E-state index is 0.202. The minimum atomic E-state index is -1.60. The Morgan fingerprint density at radius 3 is 1.53 bits per heavy atom. The van der Waals surface area contributed by atoms with Gasteiger partial charge in [-0.3, -0.25) is 9.59 Å². The third-order valence-corrected chi connectivity index (χ3v) is 9.09. The monoisotopic (exact) mass is 775 g/mol. The van der Waals surface area contributed by atoms with Gasteiger partial charge in [0, 0.05) is 12.8 Å². The Bertz CT molecular complexity index is 1120. The molecule has 10 heteroatoms. The molecule has 55 heavy (non-hydrogen) atoms. The van der Waals surface area contributed by atoms with Crippen molar-refractivity contribution >= 4 is 11.9 Å². The Balaban J connectivity index is 2.39. The summed E-state index contributed by atoms with van der Waals surface area (Å²) >= 11 is 0. The fourth-order valence-electron chi connectivity index (χ4n) is 5.80. The number of hydrogen-bond donors (Lipinski definition) is 4. The molecule has 1 saturated heterocycles. The van der Waals surface area contributed by atoms with Crippen molar-refractivity contribution in [1.82, 2.24) is 0 Å². The van der Waals surface area contributed by atoms with E-state index in [0.717, 1.165) is 103 Å². The molecule has 0 aromatic rings. The first-order valence-electron chi connectivity index (χ1n) is 21.0. The van der Waals surface area contributed by atoms with E-state index in [1.165, 1.54) is 0 Å². The third kappa shape index (κ3) is 27.4. The maximum absolute atomic E-state index is 12.7. The fraction of sp³-hybridized carbons (Fsp3) is 0.689. The van der Waals surface area contributed by atoms with Crippen LogP contribution in [0, 0.1) is 0 Å². The van der Waals surface area contributed by atoms with Gasteiger partial charge in [0.05, 0.1) is 13.2 Å². The van der Waals surface area contributed by atoms with Crippen LogP contribution < -0.4 is 0 Å². The first-order valence-corrected chi connectivity index (χ1v) is 21.0. The highest BCUT2D eigenvalue weighted by atomic mass is 16.7. The van der Waals surface area contributed by atoms with E-state index in [9.17, 15) is 30.0 Å². The van der Waals surface area contributed by atoms with Gasteiger partial charge in [0.2, 0.25) is 0 Å². The Morgan fingerprint density at radius 1 is 0.564 bits per heavy atom. The molecule has 1 heterocycles. The molecular weight excluding hydrogens is 700 g/mol. The lowest BCUT2D eigenvalue weighted by Gasteiger charge is -2.39. The number of ether oxygens (including phenoxy) is 4. The van der Waals surface area contributed by atoms with E-state index in [4.69, 9.17) is 18.9 Å². The third-order valence-electron chi connectivity index (χ3n) is 9.09. The van der Waals surface area contributed by atoms with Crippen LogP contribution in [0.2, 0.25) is 0 Å². The van der Waals surface area contributed by atoms with Gasteiger partial charge in [-0.25, -0.2) is 0 Å². The minimum Gasteiger partial charge on any atom is -0.462 e. The van der Waals surface area contributed by atoms with E-state index in [1.54, 1.807) is 0 Å². The maximum Gasteiger partial charge on any atom is 0.306 e. The predicted molar refractivity (Wildman–Crippen MR) is 219 cm³/mol. The zero-order chi connectivity index (χ0) is 40.2. The molecule has 0 aromatic carbocycles. The summed E-state index contributed by atoms with van der Waals surface area (Å²) in [6.07, 6.45) is 36.2. The van der Waals surface area contributed by atoms with Crippen molar-refractivity contribution in [3.63, 3.8) is 0 Å². The van der Waals surface area contributed by atoms with Crippen molar-refractivity contribution < 1.29 is 49.0 Å². The SMILES string of the molecule is CC/C=C\C/C=C\C/C=C\CCCCCCCC(=O)OC[C@H](CO[C@@H]1OC(CO)[C@H](O)[C@@H](O)[C@H]1O)OC(=O)CCCCCCC/C=C\C/C=C\C/C=C\CC. The summed E-state index contributed by atoms with van der Waals surface area (Å²) in [5.74, 6) is -0.855. The summed E-state index contributed by atoms with van der Waals surface area (Å²) in [5, 5.41) is 40.0.